The predicted octanol–water partition coefficient (Wildman–Crippen LogP) is 2.02. The number of halogens is 6. The largest absolute Gasteiger partial charge is 0.491 e. The van der Waals surface area contributed by atoms with Crippen LogP contribution in [0.15, 0.2) is 30.7 Å². The van der Waals surface area contributed by atoms with Crippen LogP contribution in [-0.4, -0.2) is 81.4 Å². The number of carboxylic acids is 2. The Morgan fingerprint density at radius 3 is 2.06 bits per heavy atom. The maximum Gasteiger partial charge on any atom is 0.490 e. The summed E-state index contributed by atoms with van der Waals surface area (Å²) in [6.07, 6.45) is -3.82. The van der Waals surface area contributed by atoms with Gasteiger partial charge >= 0.3 is 24.3 Å². The fraction of sp³-hybridized carbons (Fsp3) is 0.444. The number of aliphatic carboxylic acids is 2. The van der Waals surface area contributed by atoms with Crippen molar-refractivity contribution in [3.05, 3.63) is 42.0 Å². The molecule has 2 N–H and O–H groups in total. The maximum absolute atomic E-state index is 11.9. The van der Waals surface area contributed by atoms with E-state index in [1.807, 2.05) is 13.1 Å². The summed E-state index contributed by atoms with van der Waals surface area (Å²) in [6.45, 7) is 1.14. The van der Waals surface area contributed by atoms with Crippen LogP contribution in [0.4, 0.5) is 26.3 Å². The van der Waals surface area contributed by atoms with Crippen LogP contribution in [0.1, 0.15) is 17.2 Å². The van der Waals surface area contributed by atoms with Crippen LogP contribution in [0.5, 0.6) is 5.75 Å². The van der Waals surface area contributed by atoms with Gasteiger partial charge in [-0.1, -0.05) is 0 Å². The van der Waals surface area contributed by atoms with Crippen molar-refractivity contribution >= 4 is 22.0 Å². The number of alkyl halides is 6. The number of fused-ring (bicyclic) bond motifs is 1. The molecule has 1 aliphatic heterocycles. The number of carbonyl (C=O) groups is 2. The first-order chi connectivity index (χ1) is 16.3. The van der Waals surface area contributed by atoms with Crippen molar-refractivity contribution in [2.75, 3.05) is 19.4 Å². The number of rotatable bonds is 4. The fourth-order valence-corrected chi connectivity index (χ4v) is 3.42. The van der Waals surface area contributed by atoms with Crippen molar-refractivity contribution in [3.63, 3.8) is 0 Å². The van der Waals surface area contributed by atoms with E-state index in [4.69, 9.17) is 24.5 Å². The van der Waals surface area contributed by atoms with Gasteiger partial charge in [0.05, 0.1) is 37.5 Å². The second-order valence-electron chi connectivity index (χ2n) is 7.03. The average molecular weight is 550 g/mol. The molecule has 18 heteroatoms. The first-order valence-corrected chi connectivity index (χ1v) is 11.3. The summed E-state index contributed by atoms with van der Waals surface area (Å²) in [7, 11) is -1.43. The lowest BCUT2D eigenvalue weighted by Crippen LogP contribution is -2.39. The minimum Gasteiger partial charge on any atom is -0.491 e. The molecule has 2 aromatic heterocycles. The third-order valence-corrected chi connectivity index (χ3v) is 5.54. The Labute approximate surface area is 200 Å². The summed E-state index contributed by atoms with van der Waals surface area (Å²) >= 11 is 0. The zero-order chi connectivity index (χ0) is 27.9. The van der Waals surface area contributed by atoms with Gasteiger partial charge in [-0.2, -0.15) is 35.7 Å². The summed E-state index contributed by atoms with van der Waals surface area (Å²) in [5.41, 5.74) is 1.96. The molecule has 0 saturated heterocycles. The number of sulfonamides is 1. The SMILES string of the molecule is Cn1ncc2c1CN(S(C)(=O)=O)CC2COc1cccnc1.O=C(O)C(F)(F)F.O=C(O)C(F)(F)F. The Kier molecular flexibility index (Phi) is 10.2. The molecule has 0 saturated carbocycles. The van der Waals surface area contributed by atoms with Gasteiger partial charge in [-0.3, -0.25) is 9.67 Å². The summed E-state index contributed by atoms with van der Waals surface area (Å²) in [5, 5.41) is 18.5. The number of hydrogen-bond acceptors (Lipinski definition) is 7. The highest BCUT2D eigenvalue weighted by molar-refractivity contribution is 7.88. The normalized spacial score (nSPS) is 15.9. The highest BCUT2D eigenvalue weighted by Gasteiger charge is 2.39. The van der Waals surface area contributed by atoms with Crippen LogP contribution < -0.4 is 4.74 Å². The lowest BCUT2D eigenvalue weighted by atomic mass is 9.97. The van der Waals surface area contributed by atoms with Crippen LogP contribution >= 0.6 is 0 Å². The van der Waals surface area contributed by atoms with E-state index < -0.39 is 34.3 Å². The smallest absolute Gasteiger partial charge is 0.490 e. The number of pyridine rings is 1. The van der Waals surface area contributed by atoms with Gasteiger partial charge in [0, 0.05) is 31.3 Å². The summed E-state index contributed by atoms with van der Waals surface area (Å²) in [5.74, 6) is -4.89. The van der Waals surface area contributed by atoms with Crippen LogP contribution in [0.25, 0.3) is 0 Å². The van der Waals surface area contributed by atoms with Gasteiger partial charge in [0.1, 0.15) is 5.75 Å². The number of nitrogens with zero attached hydrogens (tertiary/aromatic N) is 4. The molecular formula is C18H20F6N4O7S. The topological polar surface area (TPSA) is 152 Å². The van der Waals surface area contributed by atoms with E-state index in [0.29, 0.717) is 25.4 Å². The summed E-state index contributed by atoms with van der Waals surface area (Å²) in [4.78, 5) is 21.8. The number of carboxylic acid groups (broad SMARTS) is 2. The van der Waals surface area contributed by atoms with Gasteiger partial charge in [0.25, 0.3) is 0 Å². The van der Waals surface area contributed by atoms with Crippen molar-refractivity contribution in [2.24, 2.45) is 7.05 Å². The van der Waals surface area contributed by atoms with E-state index in [1.165, 1.54) is 10.6 Å². The Balaban J connectivity index is 0.000000383. The molecule has 202 valence electrons. The standard InChI is InChI=1S/C14H18N4O3S.2C2HF3O2/c1-17-14-9-18(22(2,19)20)8-11(13(14)7-16-17)10-21-12-4-3-5-15-6-12;2*3-2(4,5)1(6)7/h3-7,11H,8-10H2,1-2H3;2*(H,6,7). The molecule has 1 atom stereocenters. The number of aromatic nitrogens is 3. The van der Waals surface area contributed by atoms with Crippen molar-refractivity contribution < 1.29 is 59.3 Å². The van der Waals surface area contributed by atoms with Crippen molar-refractivity contribution in [1.29, 1.82) is 0 Å². The van der Waals surface area contributed by atoms with Crippen LogP contribution in [0, 0.1) is 0 Å². The molecule has 11 nitrogen and oxygen atoms in total. The molecule has 0 fully saturated rings. The second kappa shape index (κ2) is 12.0. The lowest BCUT2D eigenvalue weighted by Gasteiger charge is -2.31. The summed E-state index contributed by atoms with van der Waals surface area (Å²) in [6, 6.07) is 3.63. The van der Waals surface area contributed by atoms with Gasteiger partial charge < -0.3 is 14.9 Å². The number of hydrogen-bond donors (Lipinski definition) is 2. The molecule has 0 bridgehead atoms. The number of aryl methyl sites for hydroxylation is 1. The molecule has 0 radical (unpaired) electrons. The molecule has 0 aromatic carbocycles. The predicted molar refractivity (Wildman–Crippen MR) is 108 cm³/mol. The molecule has 3 heterocycles. The average Bonchev–Trinajstić information content (AvgIpc) is 3.12. The van der Waals surface area contributed by atoms with E-state index in [2.05, 4.69) is 10.1 Å². The van der Waals surface area contributed by atoms with Crippen molar-refractivity contribution in [2.45, 2.75) is 24.8 Å². The highest BCUT2D eigenvalue weighted by Crippen LogP contribution is 2.29. The van der Waals surface area contributed by atoms with Crippen LogP contribution in [0.3, 0.4) is 0 Å². The molecule has 0 amide bonds. The zero-order valence-corrected chi connectivity index (χ0v) is 19.3. The van der Waals surface area contributed by atoms with E-state index in [9.17, 15) is 34.8 Å². The Bertz CT molecular complexity index is 1110. The van der Waals surface area contributed by atoms with E-state index in [1.54, 1.807) is 29.3 Å². The molecule has 2 aromatic rings. The Hall–Kier alpha value is -3.41. The molecule has 1 aliphatic rings. The highest BCUT2D eigenvalue weighted by atomic mass is 32.2. The molecule has 36 heavy (non-hydrogen) atoms. The minimum absolute atomic E-state index is 0.0487. The molecule has 3 rings (SSSR count). The molecule has 0 aliphatic carbocycles. The van der Waals surface area contributed by atoms with Gasteiger partial charge in [-0.15, -0.1) is 0 Å². The van der Waals surface area contributed by atoms with Crippen molar-refractivity contribution in [3.8, 4) is 5.75 Å². The zero-order valence-electron chi connectivity index (χ0n) is 18.5. The van der Waals surface area contributed by atoms with Crippen LogP contribution in [0.2, 0.25) is 0 Å². The van der Waals surface area contributed by atoms with Gasteiger partial charge in [0.15, 0.2) is 0 Å². The molecule has 0 spiro atoms. The summed E-state index contributed by atoms with van der Waals surface area (Å²) < 4.78 is 96.2. The Morgan fingerprint density at radius 2 is 1.64 bits per heavy atom. The second-order valence-corrected chi connectivity index (χ2v) is 9.01. The number of ether oxygens (including phenoxy) is 1. The van der Waals surface area contributed by atoms with Gasteiger partial charge in [-0.05, 0) is 12.1 Å². The fourth-order valence-electron chi connectivity index (χ4n) is 2.61. The third kappa shape index (κ3) is 9.68. The van der Waals surface area contributed by atoms with E-state index in [-0.39, 0.29) is 5.92 Å². The van der Waals surface area contributed by atoms with E-state index >= 15 is 0 Å². The van der Waals surface area contributed by atoms with Gasteiger partial charge in [0.2, 0.25) is 10.0 Å². The Morgan fingerprint density at radius 1 is 1.11 bits per heavy atom. The van der Waals surface area contributed by atoms with Crippen LogP contribution in [-0.2, 0) is 33.2 Å². The van der Waals surface area contributed by atoms with Gasteiger partial charge in [-0.25, -0.2) is 18.0 Å². The lowest BCUT2D eigenvalue weighted by molar-refractivity contribution is -0.193. The first kappa shape index (κ1) is 30.6. The van der Waals surface area contributed by atoms with Crippen molar-refractivity contribution in [1.82, 2.24) is 19.1 Å². The third-order valence-electron chi connectivity index (χ3n) is 4.32. The minimum atomic E-state index is -5.08. The molecule has 1 unspecified atom stereocenters. The monoisotopic (exact) mass is 550 g/mol. The van der Waals surface area contributed by atoms with E-state index in [0.717, 1.165) is 11.3 Å². The maximum atomic E-state index is 11.9. The first-order valence-electron chi connectivity index (χ1n) is 9.43. The molecular weight excluding hydrogens is 530 g/mol. The quantitative estimate of drug-likeness (QED) is 0.545.